The maximum Gasteiger partial charge on any atom is 0.347 e. The number of hydrogen-bond acceptors (Lipinski definition) is 6. The van der Waals surface area contributed by atoms with Crippen molar-refractivity contribution in [3.05, 3.63) is 16.3 Å². The molecule has 0 saturated heterocycles. The Balaban J connectivity index is 3.15. The summed E-state index contributed by atoms with van der Waals surface area (Å²) in [5.41, 5.74) is 0. The van der Waals surface area contributed by atoms with E-state index in [1.165, 1.54) is 18.6 Å². The summed E-state index contributed by atoms with van der Waals surface area (Å²) >= 11 is 0.805. The lowest BCUT2D eigenvalue weighted by atomic mass is 10.0. The van der Waals surface area contributed by atoms with E-state index < -0.39 is 28.0 Å². The Morgan fingerprint density at radius 2 is 2.10 bits per heavy atom. The van der Waals surface area contributed by atoms with E-state index in [1.807, 2.05) is 6.92 Å². The second-order valence-electron chi connectivity index (χ2n) is 4.43. The van der Waals surface area contributed by atoms with Crippen LogP contribution in [0.25, 0.3) is 0 Å². The van der Waals surface area contributed by atoms with Gasteiger partial charge in [0.2, 0.25) is 10.0 Å². The SMILES string of the molecule is CCC(C)C(NS(=O)(=O)c1ccsc1C(=O)O)C(=O)OC. The van der Waals surface area contributed by atoms with Crippen molar-refractivity contribution in [1.29, 1.82) is 0 Å². The average Bonchev–Trinajstić information content (AvgIpc) is 2.93. The highest BCUT2D eigenvalue weighted by Gasteiger charge is 2.32. The van der Waals surface area contributed by atoms with Gasteiger partial charge in [0.1, 0.15) is 15.8 Å². The Labute approximate surface area is 127 Å². The molecule has 7 nitrogen and oxygen atoms in total. The van der Waals surface area contributed by atoms with E-state index >= 15 is 0 Å². The van der Waals surface area contributed by atoms with Gasteiger partial charge in [0.15, 0.2) is 0 Å². The minimum Gasteiger partial charge on any atom is -0.477 e. The topological polar surface area (TPSA) is 110 Å². The van der Waals surface area contributed by atoms with Gasteiger partial charge in [0.25, 0.3) is 0 Å². The summed E-state index contributed by atoms with van der Waals surface area (Å²) in [7, 11) is -2.96. The molecule has 0 radical (unpaired) electrons. The van der Waals surface area contributed by atoms with E-state index in [1.54, 1.807) is 6.92 Å². The second-order valence-corrected chi connectivity index (χ2v) is 7.03. The summed E-state index contributed by atoms with van der Waals surface area (Å²) in [4.78, 5) is 22.1. The Morgan fingerprint density at radius 1 is 1.48 bits per heavy atom. The minimum atomic E-state index is -4.12. The monoisotopic (exact) mass is 335 g/mol. The molecule has 21 heavy (non-hydrogen) atoms. The van der Waals surface area contributed by atoms with E-state index in [0.29, 0.717) is 6.42 Å². The molecule has 118 valence electrons. The standard InChI is InChI=1S/C12H17NO6S2/c1-4-7(2)9(12(16)19-3)13-21(17,18)8-5-6-20-10(8)11(14)15/h5-7,9,13H,4H2,1-3H3,(H,14,15). The van der Waals surface area contributed by atoms with Crippen LogP contribution in [0.2, 0.25) is 0 Å². The number of thiophene rings is 1. The third-order valence-corrected chi connectivity index (χ3v) is 5.58. The van der Waals surface area contributed by atoms with Crippen LogP contribution >= 0.6 is 11.3 Å². The highest BCUT2D eigenvalue weighted by Crippen LogP contribution is 2.23. The fourth-order valence-electron chi connectivity index (χ4n) is 1.65. The van der Waals surface area contributed by atoms with Gasteiger partial charge in [-0.25, -0.2) is 13.2 Å². The Kier molecular flexibility index (Phi) is 5.87. The van der Waals surface area contributed by atoms with E-state index in [9.17, 15) is 18.0 Å². The maximum absolute atomic E-state index is 12.3. The Bertz CT molecular complexity index is 621. The van der Waals surface area contributed by atoms with Crippen LogP contribution < -0.4 is 4.72 Å². The predicted octanol–water partition coefficient (Wildman–Crippen LogP) is 1.31. The van der Waals surface area contributed by atoms with Gasteiger partial charge in [-0.3, -0.25) is 4.79 Å². The molecule has 1 rings (SSSR count). The molecule has 0 bridgehead atoms. The van der Waals surface area contributed by atoms with Gasteiger partial charge in [-0.1, -0.05) is 20.3 Å². The Hall–Kier alpha value is -1.45. The summed E-state index contributed by atoms with van der Waals surface area (Å²) in [6, 6.07) is 0.132. The first-order valence-electron chi connectivity index (χ1n) is 6.15. The van der Waals surface area contributed by atoms with Crippen LogP contribution in [-0.4, -0.2) is 38.6 Å². The van der Waals surface area contributed by atoms with Crippen LogP contribution in [0.5, 0.6) is 0 Å². The Morgan fingerprint density at radius 3 is 2.57 bits per heavy atom. The van der Waals surface area contributed by atoms with Crippen LogP contribution in [0.4, 0.5) is 0 Å². The molecule has 2 atom stereocenters. The van der Waals surface area contributed by atoms with Gasteiger partial charge in [0, 0.05) is 0 Å². The lowest BCUT2D eigenvalue weighted by Gasteiger charge is -2.21. The number of esters is 1. The zero-order valence-corrected chi connectivity index (χ0v) is 13.5. The summed E-state index contributed by atoms with van der Waals surface area (Å²) in [5, 5.41) is 10.4. The zero-order valence-electron chi connectivity index (χ0n) is 11.8. The second kappa shape index (κ2) is 7.01. The highest BCUT2D eigenvalue weighted by atomic mass is 32.2. The van der Waals surface area contributed by atoms with Crippen molar-refractivity contribution in [3.8, 4) is 0 Å². The summed E-state index contributed by atoms with van der Waals surface area (Å²) in [6.07, 6.45) is 0.553. The number of rotatable bonds is 7. The fraction of sp³-hybridized carbons (Fsp3) is 0.500. The number of hydrogen-bond donors (Lipinski definition) is 2. The van der Waals surface area contributed by atoms with E-state index in [-0.39, 0.29) is 15.7 Å². The number of methoxy groups -OCH3 is 1. The van der Waals surface area contributed by atoms with Gasteiger partial charge >= 0.3 is 11.9 Å². The number of aromatic carboxylic acids is 1. The number of carboxylic acid groups (broad SMARTS) is 1. The maximum atomic E-state index is 12.3. The largest absolute Gasteiger partial charge is 0.477 e. The van der Waals surface area contributed by atoms with Gasteiger partial charge in [-0.15, -0.1) is 11.3 Å². The van der Waals surface area contributed by atoms with Gasteiger partial charge in [-0.05, 0) is 17.4 Å². The number of nitrogens with one attached hydrogen (secondary N) is 1. The molecular formula is C12H17NO6S2. The number of carbonyl (C=O) groups excluding carboxylic acids is 1. The first-order chi connectivity index (χ1) is 9.74. The van der Waals surface area contributed by atoms with Crippen LogP contribution in [0.3, 0.4) is 0 Å². The van der Waals surface area contributed by atoms with E-state index in [0.717, 1.165) is 11.3 Å². The van der Waals surface area contributed by atoms with Crippen molar-refractivity contribution in [2.75, 3.05) is 7.11 Å². The normalized spacial score (nSPS) is 14.4. The molecule has 0 spiro atoms. The van der Waals surface area contributed by atoms with Crippen molar-refractivity contribution in [2.45, 2.75) is 31.2 Å². The molecule has 0 amide bonds. The number of ether oxygens (including phenoxy) is 1. The molecule has 0 aliphatic heterocycles. The van der Waals surface area contributed by atoms with Crippen LogP contribution in [0, 0.1) is 5.92 Å². The quantitative estimate of drug-likeness (QED) is 0.727. The molecule has 9 heteroatoms. The first kappa shape index (κ1) is 17.6. The molecule has 2 unspecified atom stereocenters. The highest BCUT2D eigenvalue weighted by molar-refractivity contribution is 7.89. The van der Waals surface area contributed by atoms with Crippen LogP contribution in [0.15, 0.2) is 16.3 Å². The van der Waals surface area contributed by atoms with Crippen molar-refractivity contribution in [3.63, 3.8) is 0 Å². The first-order valence-corrected chi connectivity index (χ1v) is 8.51. The minimum absolute atomic E-state index is 0.292. The molecule has 0 aliphatic carbocycles. The lowest BCUT2D eigenvalue weighted by Crippen LogP contribution is -2.45. The third-order valence-electron chi connectivity index (χ3n) is 3.06. The van der Waals surface area contributed by atoms with Gasteiger partial charge in [0.05, 0.1) is 7.11 Å². The lowest BCUT2D eigenvalue weighted by molar-refractivity contribution is -0.143. The van der Waals surface area contributed by atoms with Crippen molar-refractivity contribution < 1.29 is 27.9 Å². The number of carbonyl (C=O) groups is 2. The molecule has 1 aromatic rings. The number of sulfonamides is 1. The molecule has 1 heterocycles. The van der Waals surface area contributed by atoms with Crippen LogP contribution in [0.1, 0.15) is 29.9 Å². The molecule has 0 saturated carbocycles. The number of carboxylic acids is 1. The average molecular weight is 335 g/mol. The third kappa shape index (κ3) is 4.02. The molecule has 1 aromatic heterocycles. The molecule has 0 fully saturated rings. The van der Waals surface area contributed by atoms with Crippen molar-refractivity contribution >= 4 is 33.3 Å². The summed E-state index contributed by atoms with van der Waals surface area (Å²) in [6.45, 7) is 3.51. The molecule has 0 aromatic carbocycles. The summed E-state index contributed by atoms with van der Waals surface area (Å²) in [5.74, 6) is -2.33. The van der Waals surface area contributed by atoms with Gasteiger partial charge in [-0.2, -0.15) is 4.72 Å². The smallest absolute Gasteiger partial charge is 0.347 e. The predicted molar refractivity (Wildman–Crippen MR) is 76.9 cm³/mol. The molecule has 2 N–H and O–H groups in total. The van der Waals surface area contributed by atoms with Gasteiger partial charge < -0.3 is 9.84 Å². The van der Waals surface area contributed by atoms with E-state index in [2.05, 4.69) is 9.46 Å². The van der Waals surface area contributed by atoms with Crippen molar-refractivity contribution in [2.24, 2.45) is 5.92 Å². The zero-order chi connectivity index (χ0) is 16.2. The van der Waals surface area contributed by atoms with E-state index in [4.69, 9.17) is 5.11 Å². The van der Waals surface area contributed by atoms with Crippen molar-refractivity contribution in [1.82, 2.24) is 4.72 Å². The molecule has 0 aliphatic rings. The summed E-state index contributed by atoms with van der Waals surface area (Å²) < 4.78 is 31.4. The molecular weight excluding hydrogens is 318 g/mol. The van der Waals surface area contributed by atoms with Crippen LogP contribution in [-0.2, 0) is 19.6 Å². The fourth-order valence-corrected chi connectivity index (χ4v) is 4.21.